The molecule has 1 fully saturated rings. The summed E-state index contributed by atoms with van der Waals surface area (Å²) in [5.74, 6) is 6.23. The minimum Gasteiger partial charge on any atom is -0.464 e. The van der Waals surface area contributed by atoms with Gasteiger partial charge in [0.25, 0.3) is 0 Å². The smallest absolute Gasteiger partial charge is 0.421 e. The van der Waals surface area contributed by atoms with Gasteiger partial charge in [-0.3, -0.25) is 5.10 Å². The molecule has 2 rings (SSSR count). The zero-order valence-corrected chi connectivity index (χ0v) is 9.33. The number of nitrogens with two attached hydrogens (primary N) is 2. The van der Waals surface area contributed by atoms with Crippen LogP contribution in [0.5, 0.6) is 0 Å². The quantitative estimate of drug-likeness (QED) is 0.323. The Hall–Kier alpha value is -1.96. The number of piperidine rings is 1. The van der Waals surface area contributed by atoms with E-state index in [0.717, 1.165) is 30.2 Å². The van der Waals surface area contributed by atoms with Gasteiger partial charge in [-0.15, -0.1) is 0 Å². The van der Waals surface area contributed by atoms with Crippen LogP contribution >= 0.6 is 0 Å². The number of carboxylic acid groups (broad SMARTS) is 1. The Morgan fingerprint density at radius 2 is 2.47 bits per heavy atom. The molecule has 8 nitrogen and oxygen atoms in total. The highest BCUT2D eigenvalue weighted by Crippen LogP contribution is 2.24. The Labute approximate surface area is 98.1 Å². The standard InChI is InChI=1S/C9H16N6O2/c10-7-4-12-13-8(7)14-3-1-2-6(5-14)15(11)9(16)17/h4,6H,1-3,5,10-11H2,(H,12,13)(H,16,17)/t6-/m0/s1. The van der Waals surface area contributed by atoms with Crippen LogP contribution in [0.4, 0.5) is 16.3 Å². The first-order valence-electron chi connectivity index (χ1n) is 5.40. The Balaban J connectivity index is 2.07. The van der Waals surface area contributed by atoms with Crippen molar-refractivity contribution in [3.05, 3.63) is 6.20 Å². The molecule has 0 spiro atoms. The molecular weight excluding hydrogens is 224 g/mol. The lowest BCUT2D eigenvalue weighted by Crippen LogP contribution is -2.53. The molecule has 1 aromatic heterocycles. The molecule has 6 N–H and O–H groups in total. The molecule has 0 aliphatic carbocycles. The van der Waals surface area contributed by atoms with Crippen LogP contribution in [0.15, 0.2) is 6.20 Å². The second kappa shape index (κ2) is 4.50. The van der Waals surface area contributed by atoms with Crippen LogP contribution < -0.4 is 16.5 Å². The van der Waals surface area contributed by atoms with Gasteiger partial charge in [0.1, 0.15) is 5.82 Å². The van der Waals surface area contributed by atoms with E-state index >= 15 is 0 Å². The van der Waals surface area contributed by atoms with Crippen LogP contribution in [0.1, 0.15) is 12.8 Å². The Kier molecular flexibility index (Phi) is 3.05. The Morgan fingerprint density at radius 3 is 3.06 bits per heavy atom. The first kappa shape index (κ1) is 11.5. The van der Waals surface area contributed by atoms with E-state index in [-0.39, 0.29) is 6.04 Å². The van der Waals surface area contributed by atoms with E-state index in [1.54, 1.807) is 0 Å². The fraction of sp³-hybridized carbons (Fsp3) is 0.556. The molecule has 1 aliphatic heterocycles. The van der Waals surface area contributed by atoms with E-state index < -0.39 is 6.09 Å². The van der Waals surface area contributed by atoms with Gasteiger partial charge in [-0.25, -0.2) is 15.6 Å². The summed E-state index contributed by atoms with van der Waals surface area (Å²) in [4.78, 5) is 12.8. The van der Waals surface area contributed by atoms with Crippen LogP contribution in [0.25, 0.3) is 0 Å². The van der Waals surface area contributed by atoms with Gasteiger partial charge >= 0.3 is 6.09 Å². The fourth-order valence-electron chi connectivity index (χ4n) is 2.08. The summed E-state index contributed by atoms with van der Waals surface area (Å²) in [6.07, 6.45) is 2.04. The van der Waals surface area contributed by atoms with Gasteiger partial charge in [0.05, 0.1) is 17.9 Å². The minimum atomic E-state index is -1.12. The first-order chi connectivity index (χ1) is 8.09. The van der Waals surface area contributed by atoms with Gasteiger partial charge in [0.2, 0.25) is 0 Å². The highest BCUT2D eigenvalue weighted by atomic mass is 16.4. The summed E-state index contributed by atoms with van der Waals surface area (Å²) in [7, 11) is 0. The van der Waals surface area contributed by atoms with Crippen LogP contribution in [-0.4, -0.2) is 45.5 Å². The maximum atomic E-state index is 10.8. The van der Waals surface area contributed by atoms with Gasteiger partial charge in [0, 0.05) is 13.1 Å². The van der Waals surface area contributed by atoms with E-state index in [0.29, 0.717) is 12.2 Å². The van der Waals surface area contributed by atoms with Crippen molar-refractivity contribution in [2.75, 3.05) is 23.7 Å². The van der Waals surface area contributed by atoms with E-state index in [1.165, 1.54) is 6.20 Å². The Bertz CT molecular complexity index is 406. The lowest BCUT2D eigenvalue weighted by Gasteiger charge is -2.36. The van der Waals surface area contributed by atoms with Gasteiger partial charge in [-0.2, -0.15) is 5.10 Å². The molecule has 1 aromatic rings. The molecule has 0 unspecified atom stereocenters. The average Bonchev–Trinajstić information content (AvgIpc) is 2.74. The van der Waals surface area contributed by atoms with Crippen molar-refractivity contribution in [1.29, 1.82) is 0 Å². The zero-order chi connectivity index (χ0) is 12.4. The summed E-state index contributed by atoms with van der Waals surface area (Å²) in [6.45, 7) is 1.34. The number of nitrogens with zero attached hydrogens (tertiary/aromatic N) is 3. The molecule has 0 radical (unpaired) electrons. The lowest BCUT2D eigenvalue weighted by atomic mass is 10.1. The molecule has 1 aliphatic rings. The number of carbonyl (C=O) groups is 1. The van der Waals surface area contributed by atoms with E-state index in [1.807, 2.05) is 4.90 Å². The summed E-state index contributed by atoms with van der Waals surface area (Å²) < 4.78 is 0. The molecule has 0 saturated carbocycles. The third-order valence-electron chi connectivity index (χ3n) is 2.97. The predicted octanol–water partition coefficient (Wildman–Crippen LogP) is -0.186. The topological polar surface area (TPSA) is 125 Å². The molecule has 94 valence electrons. The van der Waals surface area contributed by atoms with Crippen LogP contribution in [0, 0.1) is 0 Å². The molecular formula is C9H16N6O2. The summed E-state index contributed by atoms with van der Waals surface area (Å²) in [5.41, 5.74) is 6.32. The summed E-state index contributed by atoms with van der Waals surface area (Å²) in [6, 6.07) is -0.219. The second-order valence-corrected chi connectivity index (χ2v) is 4.11. The Morgan fingerprint density at radius 1 is 1.71 bits per heavy atom. The fourth-order valence-corrected chi connectivity index (χ4v) is 2.08. The monoisotopic (exact) mass is 240 g/mol. The van der Waals surface area contributed by atoms with Crippen molar-refractivity contribution < 1.29 is 9.90 Å². The van der Waals surface area contributed by atoms with Gasteiger partial charge in [-0.05, 0) is 12.8 Å². The highest BCUT2D eigenvalue weighted by molar-refractivity contribution is 5.65. The van der Waals surface area contributed by atoms with E-state index in [4.69, 9.17) is 16.7 Å². The van der Waals surface area contributed by atoms with Crippen molar-refractivity contribution in [2.45, 2.75) is 18.9 Å². The SMILES string of the molecule is Nc1cn[nH]c1N1CCC[C@H](N(N)C(=O)O)C1. The number of nitrogens with one attached hydrogen (secondary N) is 1. The number of aromatic nitrogens is 2. The first-order valence-corrected chi connectivity index (χ1v) is 5.40. The van der Waals surface area contributed by atoms with Crippen molar-refractivity contribution in [1.82, 2.24) is 15.2 Å². The zero-order valence-electron chi connectivity index (χ0n) is 9.33. The normalized spacial score (nSPS) is 20.3. The average molecular weight is 240 g/mol. The van der Waals surface area contributed by atoms with Gasteiger partial charge < -0.3 is 15.7 Å². The van der Waals surface area contributed by atoms with Crippen molar-refractivity contribution in [2.24, 2.45) is 5.84 Å². The molecule has 17 heavy (non-hydrogen) atoms. The maximum absolute atomic E-state index is 10.8. The van der Waals surface area contributed by atoms with Crippen molar-refractivity contribution >= 4 is 17.6 Å². The van der Waals surface area contributed by atoms with Gasteiger partial charge in [0.15, 0.2) is 0 Å². The summed E-state index contributed by atoms with van der Waals surface area (Å²) >= 11 is 0. The number of anilines is 2. The third-order valence-corrected chi connectivity index (χ3v) is 2.97. The molecule has 1 atom stereocenters. The molecule has 1 saturated heterocycles. The van der Waals surface area contributed by atoms with Crippen LogP contribution in [-0.2, 0) is 0 Å². The number of hydrazine groups is 1. The van der Waals surface area contributed by atoms with Gasteiger partial charge in [-0.1, -0.05) is 0 Å². The molecule has 8 heteroatoms. The second-order valence-electron chi connectivity index (χ2n) is 4.11. The molecule has 0 bridgehead atoms. The summed E-state index contributed by atoms with van der Waals surface area (Å²) in [5, 5.41) is 16.4. The molecule has 2 heterocycles. The number of nitrogen functional groups attached to an aromatic ring is 1. The predicted molar refractivity (Wildman–Crippen MR) is 62.3 cm³/mol. The van der Waals surface area contributed by atoms with E-state index in [2.05, 4.69) is 10.2 Å². The number of hydrogen-bond acceptors (Lipinski definition) is 5. The number of H-pyrrole nitrogens is 1. The number of aromatic amines is 1. The third kappa shape index (κ3) is 2.26. The maximum Gasteiger partial charge on any atom is 0.421 e. The van der Waals surface area contributed by atoms with Crippen LogP contribution in [0.3, 0.4) is 0 Å². The number of amides is 1. The van der Waals surface area contributed by atoms with Crippen molar-refractivity contribution in [3.8, 4) is 0 Å². The van der Waals surface area contributed by atoms with Crippen LogP contribution in [0.2, 0.25) is 0 Å². The lowest BCUT2D eigenvalue weighted by molar-refractivity contribution is 0.119. The number of rotatable bonds is 2. The largest absolute Gasteiger partial charge is 0.464 e. The van der Waals surface area contributed by atoms with E-state index in [9.17, 15) is 4.79 Å². The minimum absolute atomic E-state index is 0.219. The van der Waals surface area contributed by atoms with Crippen molar-refractivity contribution in [3.63, 3.8) is 0 Å². The molecule has 1 amide bonds. The molecule has 0 aromatic carbocycles. The highest BCUT2D eigenvalue weighted by Gasteiger charge is 2.27. The number of hydrogen-bond donors (Lipinski definition) is 4.